The molecule has 17 heavy (non-hydrogen) atoms. The van der Waals surface area contributed by atoms with Gasteiger partial charge >= 0.3 is 0 Å². The van der Waals surface area contributed by atoms with E-state index in [0.717, 1.165) is 11.3 Å². The monoisotopic (exact) mass is 246 g/mol. The molecular formula is C14H11ClO2. The van der Waals surface area contributed by atoms with Gasteiger partial charge < -0.3 is 4.42 Å². The Hall–Kier alpha value is -1.80. The largest absolute Gasteiger partial charge is 0.457 e. The zero-order valence-electron chi connectivity index (χ0n) is 9.31. The van der Waals surface area contributed by atoms with Crippen LogP contribution in [0.15, 0.2) is 46.9 Å². The smallest absolute Gasteiger partial charge is 0.152 e. The van der Waals surface area contributed by atoms with Crippen molar-refractivity contribution >= 4 is 23.5 Å². The molecule has 0 saturated carbocycles. The number of carbonyl (C=O) groups excluding carboxylic acids is 1. The number of rotatable bonds is 3. The molecule has 2 aromatic rings. The maximum Gasteiger partial charge on any atom is 0.152 e. The van der Waals surface area contributed by atoms with Gasteiger partial charge in [-0.15, -0.1) is 0 Å². The second-order valence-corrected chi connectivity index (χ2v) is 4.09. The molecule has 0 fully saturated rings. The number of allylic oxidation sites excluding steroid dienone is 1. The molecule has 0 atom stereocenters. The number of furan rings is 1. The summed E-state index contributed by atoms with van der Waals surface area (Å²) in [6.45, 7) is 1.50. The van der Waals surface area contributed by atoms with Gasteiger partial charge in [0.25, 0.3) is 0 Å². The van der Waals surface area contributed by atoms with E-state index in [1.54, 1.807) is 6.08 Å². The minimum absolute atomic E-state index is 0.00515. The van der Waals surface area contributed by atoms with Crippen LogP contribution in [0.4, 0.5) is 0 Å². The summed E-state index contributed by atoms with van der Waals surface area (Å²) in [6.07, 6.45) is 3.13. The predicted octanol–water partition coefficient (Wildman–Crippen LogP) is 4.20. The Balaban J connectivity index is 2.23. The lowest BCUT2D eigenvalue weighted by molar-refractivity contribution is -0.112. The van der Waals surface area contributed by atoms with Crippen LogP contribution in [0.1, 0.15) is 12.7 Å². The molecule has 0 spiro atoms. The third-order valence-electron chi connectivity index (χ3n) is 2.24. The van der Waals surface area contributed by atoms with Crippen LogP contribution < -0.4 is 0 Å². The third kappa shape index (κ3) is 3.08. The average molecular weight is 247 g/mol. The Labute approximate surface area is 105 Å². The van der Waals surface area contributed by atoms with E-state index in [0.29, 0.717) is 10.8 Å². The molecule has 2 rings (SSSR count). The van der Waals surface area contributed by atoms with Crippen molar-refractivity contribution in [2.75, 3.05) is 0 Å². The van der Waals surface area contributed by atoms with Crippen LogP contribution >= 0.6 is 11.6 Å². The lowest BCUT2D eigenvalue weighted by Gasteiger charge is -1.96. The Morgan fingerprint density at radius 1 is 1.18 bits per heavy atom. The van der Waals surface area contributed by atoms with Crippen molar-refractivity contribution in [1.29, 1.82) is 0 Å². The number of hydrogen-bond donors (Lipinski definition) is 0. The van der Waals surface area contributed by atoms with Crippen molar-refractivity contribution in [3.8, 4) is 11.3 Å². The van der Waals surface area contributed by atoms with Crippen molar-refractivity contribution in [3.05, 3.63) is 53.3 Å². The quantitative estimate of drug-likeness (QED) is 0.760. The Kier molecular flexibility index (Phi) is 3.45. The van der Waals surface area contributed by atoms with Crippen LogP contribution in [-0.2, 0) is 4.79 Å². The van der Waals surface area contributed by atoms with Gasteiger partial charge in [-0.1, -0.05) is 11.6 Å². The van der Waals surface area contributed by atoms with Gasteiger partial charge in [0.05, 0.1) is 0 Å². The highest BCUT2D eigenvalue weighted by atomic mass is 35.5. The van der Waals surface area contributed by atoms with Crippen LogP contribution in [0.25, 0.3) is 17.4 Å². The fourth-order valence-electron chi connectivity index (χ4n) is 1.41. The van der Waals surface area contributed by atoms with Crippen molar-refractivity contribution in [3.63, 3.8) is 0 Å². The van der Waals surface area contributed by atoms with Gasteiger partial charge in [-0.2, -0.15) is 0 Å². The van der Waals surface area contributed by atoms with Crippen LogP contribution in [0, 0.1) is 0 Å². The molecule has 0 aliphatic rings. The van der Waals surface area contributed by atoms with Gasteiger partial charge in [0.2, 0.25) is 0 Å². The van der Waals surface area contributed by atoms with Crippen LogP contribution in [0.2, 0.25) is 5.02 Å². The number of hydrogen-bond acceptors (Lipinski definition) is 2. The average Bonchev–Trinajstić information content (AvgIpc) is 2.76. The molecule has 0 aliphatic heterocycles. The van der Waals surface area contributed by atoms with Gasteiger partial charge in [0, 0.05) is 10.6 Å². The van der Waals surface area contributed by atoms with E-state index in [9.17, 15) is 4.79 Å². The van der Waals surface area contributed by atoms with Gasteiger partial charge in [-0.3, -0.25) is 4.79 Å². The number of ketones is 1. The summed E-state index contributed by atoms with van der Waals surface area (Å²) in [7, 11) is 0. The van der Waals surface area contributed by atoms with E-state index in [-0.39, 0.29) is 5.78 Å². The molecule has 1 aromatic carbocycles. The molecule has 0 bridgehead atoms. The van der Waals surface area contributed by atoms with E-state index in [4.69, 9.17) is 16.0 Å². The first kappa shape index (κ1) is 11.7. The Morgan fingerprint density at radius 3 is 2.53 bits per heavy atom. The van der Waals surface area contributed by atoms with Crippen LogP contribution in [0.5, 0.6) is 0 Å². The van der Waals surface area contributed by atoms with Crippen molar-refractivity contribution < 1.29 is 9.21 Å². The lowest BCUT2D eigenvalue weighted by Crippen LogP contribution is -1.78. The number of benzene rings is 1. The normalized spacial score (nSPS) is 10.9. The fraction of sp³-hybridized carbons (Fsp3) is 0.0714. The summed E-state index contributed by atoms with van der Waals surface area (Å²) < 4.78 is 5.58. The minimum atomic E-state index is -0.00515. The molecule has 1 aromatic heterocycles. The minimum Gasteiger partial charge on any atom is -0.457 e. The summed E-state index contributed by atoms with van der Waals surface area (Å²) in [5.41, 5.74) is 0.955. The standard InChI is InChI=1S/C14H11ClO2/c1-10(16)2-7-13-8-9-14(17-13)11-3-5-12(15)6-4-11/h2-9H,1H3. The van der Waals surface area contributed by atoms with Crippen LogP contribution in [-0.4, -0.2) is 5.78 Å². The first-order valence-electron chi connectivity index (χ1n) is 5.19. The molecule has 3 heteroatoms. The van der Waals surface area contributed by atoms with Gasteiger partial charge in [0.15, 0.2) is 5.78 Å². The highest BCUT2D eigenvalue weighted by molar-refractivity contribution is 6.30. The number of halogens is 1. The molecule has 86 valence electrons. The van der Waals surface area contributed by atoms with Gasteiger partial charge in [0.1, 0.15) is 11.5 Å². The first-order valence-corrected chi connectivity index (χ1v) is 5.57. The maximum absolute atomic E-state index is 10.8. The van der Waals surface area contributed by atoms with Crippen molar-refractivity contribution in [1.82, 2.24) is 0 Å². The molecule has 2 nitrogen and oxygen atoms in total. The SMILES string of the molecule is CC(=O)C=Cc1ccc(-c2ccc(Cl)cc2)o1. The topological polar surface area (TPSA) is 30.2 Å². The third-order valence-corrected chi connectivity index (χ3v) is 2.49. The molecule has 0 saturated heterocycles. The molecule has 1 heterocycles. The Morgan fingerprint density at radius 2 is 1.88 bits per heavy atom. The molecular weight excluding hydrogens is 236 g/mol. The van der Waals surface area contributed by atoms with Gasteiger partial charge in [-0.05, 0) is 55.5 Å². The summed E-state index contributed by atoms with van der Waals surface area (Å²) in [4.78, 5) is 10.8. The fourth-order valence-corrected chi connectivity index (χ4v) is 1.54. The first-order chi connectivity index (χ1) is 8.15. The molecule has 0 radical (unpaired) electrons. The van der Waals surface area contributed by atoms with E-state index in [1.165, 1.54) is 13.0 Å². The highest BCUT2D eigenvalue weighted by Crippen LogP contribution is 2.24. The Bertz CT molecular complexity index is 550. The molecule has 0 aliphatic carbocycles. The molecule has 0 amide bonds. The highest BCUT2D eigenvalue weighted by Gasteiger charge is 2.02. The lowest BCUT2D eigenvalue weighted by atomic mass is 10.2. The summed E-state index contributed by atoms with van der Waals surface area (Å²) in [5, 5.41) is 0.692. The summed E-state index contributed by atoms with van der Waals surface area (Å²) in [5.74, 6) is 1.41. The molecule has 0 N–H and O–H groups in total. The van der Waals surface area contributed by atoms with E-state index in [1.807, 2.05) is 36.4 Å². The van der Waals surface area contributed by atoms with Crippen molar-refractivity contribution in [2.45, 2.75) is 6.92 Å². The summed E-state index contributed by atoms with van der Waals surface area (Å²) >= 11 is 5.81. The second-order valence-electron chi connectivity index (χ2n) is 3.65. The zero-order chi connectivity index (χ0) is 12.3. The van der Waals surface area contributed by atoms with Crippen molar-refractivity contribution in [2.24, 2.45) is 0 Å². The van der Waals surface area contributed by atoms with E-state index >= 15 is 0 Å². The molecule has 0 unspecified atom stereocenters. The number of carbonyl (C=O) groups is 1. The van der Waals surface area contributed by atoms with Gasteiger partial charge in [-0.25, -0.2) is 0 Å². The second kappa shape index (κ2) is 5.02. The predicted molar refractivity (Wildman–Crippen MR) is 68.9 cm³/mol. The van der Waals surface area contributed by atoms with E-state index < -0.39 is 0 Å². The van der Waals surface area contributed by atoms with Crippen LogP contribution in [0.3, 0.4) is 0 Å². The zero-order valence-corrected chi connectivity index (χ0v) is 10.1. The maximum atomic E-state index is 10.8. The van der Waals surface area contributed by atoms with E-state index in [2.05, 4.69) is 0 Å². The summed E-state index contributed by atoms with van der Waals surface area (Å²) in [6, 6.07) is 11.1.